The van der Waals surface area contributed by atoms with Gasteiger partial charge in [0.25, 0.3) is 0 Å². The molecule has 120 valence electrons. The highest BCUT2D eigenvalue weighted by Gasteiger charge is 2.49. The summed E-state index contributed by atoms with van der Waals surface area (Å²) in [6.45, 7) is 6.47. The first kappa shape index (κ1) is 15.3. The molecule has 3 fully saturated rings. The summed E-state index contributed by atoms with van der Waals surface area (Å²) in [5.41, 5.74) is -0.674. The lowest BCUT2D eigenvalue weighted by atomic mass is 9.83. The van der Waals surface area contributed by atoms with Crippen LogP contribution in [0.25, 0.3) is 0 Å². The molecule has 1 saturated heterocycles. The van der Waals surface area contributed by atoms with Crippen molar-refractivity contribution in [1.82, 2.24) is 10.2 Å². The summed E-state index contributed by atoms with van der Waals surface area (Å²) >= 11 is 0. The van der Waals surface area contributed by atoms with Crippen LogP contribution in [0.5, 0.6) is 0 Å². The minimum Gasteiger partial charge on any atom is -0.480 e. The number of aliphatic carboxylic acids is 1. The van der Waals surface area contributed by atoms with Crippen LogP contribution in [-0.2, 0) is 4.79 Å². The van der Waals surface area contributed by atoms with E-state index in [1.54, 1.807) is 0 Å². The maximum absolute atomic E-state index is 11.9. The summed E-state index contributed by atoms with van der Waals surface area (Å²) in [5, 5.41) is 13.2. The summed E-state index contributed by atoms with van der Waals surface area (Å²) in [5.74, 6) is 0.578. The Bertz CT molecular complexity index is 398. The van der Waals surface area contributed by atoms with Gasteiger partial charge in [-0.1, -0.05) is 6.42 Å². The first-order chi connectivity index (χ1) is 10.0. The maximum atomic E-state index is 11.9. The lowest BCUT2D eigenvalue weighted by Gasteiger charge is -2.36. The van der Waals surface area contributed by atoms with Crippen molar-refractivity contribution in [1.29, 1.82) is 0 Å². The van der Waals surface area contributed by atoms with Crippen LogP contribution < -0.4 is 5.32 Å². The molecule has 3 rings (SSSR count). The van der Waals surface area contributed by atoms with Crippen molar-refractivity contribution >= 4 is 5.97 Å². The van der Waals surface area contributed by atoms with Crippen LogP contribution in [0.2, 0.25) is 0 Å². The first-order valence-electron chi connectivity index (χ1n) is 8.76. The Morgan fingerprint density at radius 3 is 2.76 bits per heavy atom. The summed E-state index contributed by atoms with van der Waals surface area (Å²) in [6, 6.07) is 1.03. The van der Waals surface area contributed by atoms with Gasteiger partial charge in [0.2, 0.25) is 0 Å². The van der Waals surface area contributed by atoms with Gasteiger partial charge in [-0.2, -0.15) is 0 Å². The molecule has 4 heteroatoms. The quantitative estimate of drug-likeness (QED) is 0.790. The molecule has 0 amide bonds. The second kappa shape index (κ2) is 5.88. The van der Waals surface area contributed by atoms with Gasteiger partial charge >= 0.3 is 5.97 Å². The molecule has 0 aromatic rings. The minimum absolute atomic E-state index is 0.226. The van der Waals surface area contributed by atoms with Gasteiger partial charge < -0.3 is 10.0 Å². The molecular formula is C17H30N2O2. The highest BCUT2D eigenvalue weighted by molar-refractivity contribution is 5.79. The molecule has 2 bridgehead atoms. The van der Waals surface area contributed by atoms with E-state index >= 15 is 0 Å². The van der Waals surface area contributed by atoms with E-state index in [0.717, 1.165) is 44.2 Å². The maximum Gasteiger partial charge on any atom is 0.324 e. The third kappa shape index (κ3) is 2.85. The molecule has 4 unspecified atom stereocenters. The fourth-order valence-electron chi connectivity index (χ4n) is 5.14. The van der Waals surface area contributed by atoms with Gasteiger partial charge in [-0.05, 0) is 70.8 Å². The summed E-state index contributed by atoms with van der Waals surface area (Å²) in [7, 11) is 0. The van der Waals surface area contributed by atoms with Crippen molar-refractivity contribution in [2.45, 2.75) is 76.4 Å². The van der Waals surface area contributed by atoms with E-state index in [1.807, 2.05) is 0 Å². The molecule has 0 aromatic heterocycles. The molecule has 0 radical (unpaired) electrons. The number of likely N-dealkylation sites (tertiary alicyclic amines) is 1. The number of hydrogen-bond acceptors (Lipinski definition) is 3. The largest absolute Gasteiger partial charge is 0.480 e. The average Bonchev–Trinajstić information content (AvgIpc) is 3.10. The molecular weight excluding hydrogens is 264 g/mol. The Morgan fingerprint density at radius 2 is 2.19 bits per heavy atom. The molecule has 21 heavy (non-hydrogen) atoms. The molecule has 0 aromatic carbocycles. The van der Waals surface area contributed by atoms with Crippen LogP contribution in [-0.4, -0.2) is 46.7 Å². The number of rotatable bonds is 6. The zero-order chi connectivity index (χ0) is 15.0. The smallest absolute Gasteiger partial charge is 0.324 e. The molecule has 0 spiro atoms. The van der Waals surface area contributed by atoms with Gasteiger partial charge in [-0.3, -0.25) is 10.1 Å². The topological polar surface area (TPSA) is 52.6 Å². The first-order valence-corrected chi connectivity index (χ1v) is 8.76. The normalized spacial score (nSPS) is 39.5. The average molecular weight is 294 g/mol. The number of fused-ring (bicyclic) bond motifs is 2. The zero-order valence-electron chi connectivity index (χ0n) is 13.5. The van der Waals surface area contributed by atoms with Crippen LogP contribution in [0, 0.1) is 11.8 Å². The molecule has 2 N–H and O–H groups in total. The van der Waals surface area contributed by atoms with Crippen molar-refractivity contribution in [3.63, 3.8) is 0 Å². The predicted octanol–water partition coefficient (Wildman–Crippen LogP) is 2.48. The lowest BCUT2D eigenvalue weighted by Crippen LogP contribution is -2.57. The van der Waals surface area contributed by atoms with E-state index in [9.17, 15) is 9.90 Å². The summed E-state index contributed by atoms with van der Waals surface area (Å²) in [6.07, 6.45) is 8.10. The van der Waals surface area contributed by atoms with Gasteiger partial charge in [0, 0.05) is 18.6 Å². The standard InChI is InChI=1S/C17H30N2O2/c1-12(2)18-17(16(20)21)8-3-4-14(17)7-9-19-11-13-5-6-15(19)10-13/h12-15,18H,3-11H2,1-2H3,(H,20,21). The molecule has 4 nitrogen and oxygen atoms in total. The molecule has 2 saturated carbocycles. The third-order valence-electron chi connectivity index (χ3n) is 6.04. The van der Waals surface area contributed by atoms with Crippen LogP contribution in [0.3, 0.4) is 0 Å². The number of carboxylic acids is 1. The molecule has 4 atom stereocenters. The van der Waals surface area contributed by atoms with Crippen LogP contribution in [0.15, 0.2) is 0 Å². The Hall–Kier alpha value is -0.610. The Balaban J connectivity index is 1.61. The van der Waals surface area contributed by atoms with Gasteiger partial charge in [0.05, 0.1) is 0 Å². The molecule has 2 aliphatic carbocycles. The van der Waals surface area contributed by atoms with Crippen LogP contribution in [0.1, 0.15) is 58.8 Å². The molecule has 1 aliphatic heterocycles. The molecule has 1 heterocycles. The Labute approximate surface area is 128 Å². The van der Waals surface area contributed by atoms with Gasteiger partial charge in [0.1, 0.15) is 5.54 Å². The van der Waals surface area contributed by atoms with Gasteiger partial charge in [-0.15, -0.1) is 0 Å². The molecule has 3 aliphatic rings. The van der Waals surface area contributed by atoms with Crippen LogP contribution >= 0.6 is 0 Å². The number of carboxylic acid groups (broad SMARTS) is 1. The van der Waals surface area contributed by atoms with Gasteiger partial charge in [-0.25, -0.2) is 0 Å². The van der Waals surface area contributed by atoms with E-state index in [2.05, 4.69) is 24.1 Å². The van der Waals surface area contributed by atoms with E-state index in [4.69, 9.17) is 0 Å². The number of nitrogens with one attached hydrogen (secondary N) is 1. The third-order valence-corrected chi connectivity index (χ3v) is 6.04. The number of nitrogens with zero attached hydrogens (tertiary/aromatic N) is 1. The monoisotopic (exact) mass is 294 g/mol. The second-order valence-electron chi connectivity index (χ2n) is 7.78. The number of piperidine rings is 1. The summed E-state index contributed by atoms with van der Waals surface area (Å²) < 4.78 is 0. The second-order valence-corrected chi connectivity index (χ2v) is 7.78. The van der Waals surface area contributed by atoms with E-state index in [0.29, 0.717) is 0 Å². The fraction of sp³-hybridized carbons (Fsp3) is 0.941. The lowest BCUT2D eigenvalue weighted by molar-refractivity contribution is -0.147. The van der Waals surface area contributed by atoms with Crippen molar-refractivity contribution < 1.29 is 9.90 Å². The van der Waals surface area contributed by atoms with Crippen molar-refractivity contribution in [2.24, 2.45) is 11.8 Å². The van der Waals surface area contributed by atoms with Crippen molar-refractivity contribution in [2.75, 3.05) is 13.1 Å². The summed E-state index contributed by atoms with van der Waals surface area (Å²) in [4.78, 5) is 14.6. The minimum atomic E-state index is -0.674. The fourth-order valence-corrected chi connectivity index (χ4v) is 5.14. The van der Waals surface area contributed by atoms with Crippen molar-refractivity contribution in [3.8, 4) is 0 Å². The SMILES string of the molecule is CC(C)NC1(C(=O)O)CCCC1CCN1CC2CCC1C2. The number of carbonyl (C=O) groups is 1. The van der Waals surface area contributed by atoms with Gasteiger partial charge in [0.15, 0.2) is 0 Å². The van der Waals surface area contributed by atoms with E-state index in [1.165, 1.54) is 25.8 Å². The van der Waals surface area contributed by atoms with Crippen LogP contribution in [0.4, 0.5) is 0 Å². The Kier molecular flexibility index (Phi) is 4.28. The zero-order valence-corrected chi connectivity index (χ0v) is 13.5. The number of hydrogen-bond donors (Lipinski definition) is 2. The van der Waals surface area contributed by atoms with E-state index in [-0.39, 0.29) is 12.0 Å². The predicted molar refractivity (Wildman–Crippen MR) is 83.3 cm³/mol. The highest BCUT2D eigenvalue weighted by atomic mass is 16.4. The van der Waals surface area contributed by atoms with E-state index < -0.39 is 11.5 Å². The van der Waals surface area contributed by atoms with Crippen molar-refractivity contribution in [3.05, 3.63) is 0 Å². The Morgan fingerprint density at radius 1 is 1.38 bits per heavy atom. The highest BCUT2D eigenvalue weighted by Crippen LogP contribution is 2.41.